The number of nitrogens with one attached hydrogen (secondary N) is 1. The van der Waals surface area contributed by atoms with E-state index >= 15 is 0 Å². The smallest absolute Gasteiger partial charge is 0.326 e. The minimum Gasteiger partial charge on any atom is -0.480 e. The first-order valence-corrected chi connectivity index (χ1v) is 11.6. The van der Waals surface area contributed by atoms with Crippen molar-refractivity contribution in [3.63, 3.8) is 0 Å². The van der Waals surface area contributed by atoms with E-state index in [1.165, 1.54) is 4.90 Å². The van der Waals surface area contributed by atoms with Gasteiger partial charge in [0.25, 0.3) is 5.91 Å². The van der Waals surface area contributed by atoms with E-state index in [0.29, 0.717) is 17.5 Å². The molecule has 0 heterocycles. The number of carboxylic acids is 1. The Morgan fingerprint density at radius 2 is 1.63 bits per heavy atom. The zero-order chi connectivity index (χ0) is 25.1. The van der Waals surface area contributed by atoms with Gasteiger partial charge in [0.05, 0.1) is 0 Å². The number of carbonyl (C=O) groups excluding carboxylic acids is 1. The molecule has 4 aromatic rings. The molecule has 0 radical (unpaired) electrons. The van der Waals surface area contributed by atoms with Gasteiger partial charge < -0.3 is 15.7 Å². The predicted octanol–water partition coefficient (Wildman–Crippen LogP) is 5.42. The molecule has 4 N–H and O–H groups in total. The number of carbonyl (C=O) groups is 2. The third-order valence-corrected chi connectivity index (χ3v) is 6.21. The first-order valence-electron chi connectivity index (χ1n) is 11.6. The van der Waals surface area contributed by atoms with Crippen molar-refractivity contribution in [2.24, 2.45) is 11.7 Å². The summed E-state index contributed by atoms with van der Waals surface area (Å²) in [5.41, 5.74) is 7.56. The maximum atomic E-state index is 13.9. The highest BCUT2D eigenvalue weighted by Gasteiger charge is 2.31. The van der Waals surface area contributed by atoms with E-state index in [0.717, 1.165) is 27.1 Å². The van der Waals surface area contributed by atoms with Crippen LogP contribution in [0.5, 0.6) is 0 Å². The van der Waals surface area contributed by atoms with Crippen LogP contribution in [0.4, 0.5) is 0 Å². The Balaban J connectivity index is 1.79. The van der Waals surface area contributed by atoms with Crippen LogP contribution in [0.3, 0.4) is 0 Å². The molecule has 6 heteroatoms. The van der Waals surface area contributed by atoms with E-state index in [4.69, 9.17) is 11.1 Å². The summed E-state index contributed by atoms with van der Waals surface area (Å²) in [5.74, 6) is -1.26. The molecule has 0 bridgehead atoms. The van der Waals surface area contributed by atoms with Gasteiger partial charge in [-0.05, 0) is 57.6 Å². The number of hydrogen-bond acceptors (Lipinski definition) is 3. The minimum atomic E-state index is -1.02. The third kappa shape index (κ3) is 5.17. The van der Waals surface area contributed by atoms with Crippen LogP contribution in [0.25, 0.3) is 21.5 Å². The van der Waals surface area contributed by atoms with E-state index in [-0.39, 0.29) is 24.2 Å². The zero-order valence-corrected chi connectivity index (χ0v) is 19.9. The number of benzene rings is 4. The van der Waals surface area contributed by atoms with Gasteiger partial charge in [-0.3, -0.25) is 10.2 Å². The van der Waals surface area contributed by atoms with E-state index in [1.807, 2.05) is 80.6 Å². The Hall–Kier alpha value is -4.19. The number of nitrogens with zero attached hydrogens (tertiary/aromatic N) is 1. The number of amidine groups is 1. The Bertz CT molecular complexity index is 1420. The maximum Gasteiger partial charge on any atom is 0.326 e. The molecule has 0 fully saturated rings. The number of aliphatic carboxylic acids is 1. The van der Waals surface area contributed by atoms with E-state index in [9.17, 15) is 14.7 Å². The number of nitrogens with two attached hydrogens (primary N) is 1. The number of fused-ring (bicyclic) bond motifs is 2. The lowest BCUT2D eigenvalue weighted by atomic mass is 9.98. The molecule has 35 heavy (non-hydrogen) atoms. The second-order valence-electron chi connectivity index (χ2n) is 9.25. The molecule has 178 valence electrons. The van der Waals surface area contributed by atoms with Gasteiger partial charge in [-0.2, -0.15) is 0 Å². The highest BCUT2D eigenvalue weighted by molar-refractivity contribution is 6.08. The van der Waals surface area contributed by atoms with Crippen LogP contribution in [0.1, 0.15) is 41.8 Å². The fourth-order valence-electron chi connectivity index (χ4n) is 4.46. The van der Waals surface area contributed by atoms with Crippen molar-refractivity contribution in [2.45, 2.75) is 32.9 Å². The lowest BCUT2D eigenvalue weighted by Gasteiger charge is -2.31. The van der Waals surface area contributed by atoms with Gasteiger partial charge >= 0.3 is 5.97 Å². The molecule has 4 rings (SSSR count). The molecule has 0 aliphatic heterocycles. The number of hydrogen-bond donors (Lipinski definition) is 3. The predicted molar refractivity (Wildman–Crippen MR) is 140 cm³/mol. The van der Waals surface area contributed by atoms with Crippen LogP contribution < -0.4 is 5.73 Å². The highest BCUT2D eigenvalue weighted by atomic mass is 16.4. The summed E-state index contributed by atoms with van der Waals surface area (Å²) in [6, 6.07) is 23.5. The molecular formula is C29H29N3O3. The second-order valence-corrected chi connectivity index (χ2v) is 9.25. The van der Waals surface area contributed by atoms with Crippen molar-refractivity contribution in [3.8, 4) is 0 Å². The molecule has 1 amide bonds. The molecule has 0 unspecified atom stereocenters. The zero-order valence-electron chi connectivity index (χ0n) is 19.9. The molecule has 0 aliphatic carbocycles. The molecular weight excluding hydrogens is 438 g/mol. The fraction of sp³-hybridized carbons (Fsp3) is 0.207. The Kier molecular flexibility index (Phi) is 6.82. The van der Waals surface area contributed by atoms with Crippen molar-refractivity contribution in [2.75, 3.05) is 0 Å². The molecule has 0 saturated carbocycles. The second kappa shape index (κ2) is 9.97. The van der Waals surface area contributed by atoms with Crippen molar-refractivity contribution >= 4 is 39.3 Å². The summed E-state index contributed by atoms with van der Waals surface area (Å²) in [7, 11) is 0. The molecule has 1 atom stereocenters. The average molecular weight is 468 g/mol. The summed E-state index contributed by atoms with van der Waals surface area (Å²) < 4.78 is 0. The van der Waals surface area contributed by atoms with Crippen molar-refractivity contribution < 1.29 is 14.7 Å². The topological polar surface area (TPSA) is 107 Å². The van der Waals surface area contributed by atoms with E-state index < -0.39 is 12.0 Å². The Morgan fingerprint density at radius 3 is 2.34 bits per heavy atom. The van der Waals surface area contributed by atoms with Crippen molar-refractivity contribution in [1.82, 2.24) is 4.90 Å². The summed E-state index contributed by atoms with van der Waals surface area (Å²) in [5, 5.41) is 21.4. The number of rotatable bonds is 8. The van der Waals surface area contributed by atoms with Crippen LogP contribution in [0.15, 0.2) is 78.9 Å². The van der Waals surface area contributed by atoms with Gasteiger partial charge in [-0.25, -0.2) is 4.79 Å². The van der Waals surface area contributed by atoms with Crippen LogP contribution >= 0.6 is 0 Å². The molecule has 0 saturated heterocycles. The van der Waals surface area contributed by atoms with Gasteiger partial charge in [-0.15, -0.1) is 0 Å². The monoisotopic (exact) mass is 467 g/mol. The normalized spacial score (nSPS) is 12.1. The minimum absolute atomic E-state index is 0.0204. The first-order chi connectivity index (χ1) is 16.7. The third-order valence-electron chi connectivity index (χ3n) is 6.21. The summed E-state index contributed by atoms with van der Waals surface area (Å²) in [6.45, 7) is 4.05. The van der Waals surface area contributed by atoms with Gasteiger partial charge in [0.15, 0.2) is 0 Å². The van der Waals surface area contributed by atoms with Crippen LogP contribution in [-0.4, -0.2) is 33.8 Å². The quantitative estimate of drug-likeness (QED) is 0.238. The van der Waals surface area contributed by atoms with Crippen LogP contribution in [0.2, 0.25) is 0 Å². The van der Waals surface area contributed by atoms with Gasteiger partial charge in [0.1, 0.15) is 11.9 Å². The lowest BCUT2D eigenvalue weighted by Crippen LogP contribution is -2.45. The SMILES string of the molecule is CC(C)C[C@@H](C(=O)O)N(Cc1ccc2ccc(C(=N)N)cc2c1)C(=O)c1cccc2ccccc12. The summed E-state index contributed by atoms with van der Waals surface area (Å²) >= 11 is 0. The summed E-state index contributed by atoms with van der Waals surface area (Å²) in [6.07, 6.45) is 0.341. The fourth-order valence-corrected chi connectivity index (χ4v) is 4.46. The molecule has 0 aromatic heterocycles. The molecule has 4 aromatic carbocycles. The van der Waals surface area contributed by atoms with E-state index in [2.05, 4.69) is 0 Å². The lowest BCUT2D eigenvalue weighted by molar-refractivity contribution is -0.143. The van der Waals surface area contributed by atoms with Gasteiger partial charge in [-0.1, -0.05) is 74.5 Å². The van der Waals surface area contributed by atoms with Gasteiger partial charge in [0.2, 0.25) is 0 Å². The largest absolute Gasteiger partial charge is 0.480 e. The number of amides is 1. The highest BCUT2D eigenvalue weighted by Crippen LogP contribution is 2.26. The Labute approximate surface area is 204 Å². The van der Waals surface area contributed by atoms with Gasteiger partial charge in [0, 0.05) is 17.7 Å². The molecule has 0 spiro atoms. The summed E-state index contributed by atoms with van der Waals surface area (Å²) in [4.78, 5) is 27.8. The first kappa shape index (κ1) is 24.0. The maximum absolute atomic E-state index is 13.9. The number of nitrogen functional groups attached to an aromatic ring is 1. The number of carboxylic acid groups (broad SMARTS) is 1. The van der Waals surface area contributed by atoms with Crippen molar-refractivity contribution in [1.29, 1.82) is 5.41 Å². The van der Waals surface area contributed by atoms with Crippen LogP contribution in [-0.2, 0) is 11.3 Å². The molecule has 0 aliphatic rings. The average Bonchev–Trinajstić information content (AvgIpc) is 2.84. The van der Waals surface area contributed by atoms with Crippen LogP contribution in [0, 0.1) is 11.3 Å². The van der Waals surface area contributed by atoms with Crippen molar-refractivity contribution in [3.05, 3.63) is 95.6 Å². The Morgan fingerprint density at radius 1 is 0.914 bits per heavy atom. The standard InChI is InChI=1S/C29H29N3O3/c1-18(2)14-26(29(34)35)32(28(33)25-9-5-7-21-6-3-4-8-24(21)25)17-19-10-11-20-12-13-22(27(30)31)16-23(20)15-19/h3-13,15-16,18,26H,14,17H2,1-2H3,(H3,30,31)(H,34,35)/t26-/m0/s1. The van der Waals surface area contributed by atoms with E-state index in [1.54, 1.807) is 12.1 Å². The molecule has 6 nitrogen and oxygen atoms in total.